The third-order valence-corrected chi connectivity index (χ3v) is 17.8. The molecule has 0 unspecified atom stereocenters. The largest absolute Gasteiger partial charge is 0.497 e. The van der Waals surface area contributed by atoms with Crippen molar-refractivity contribution in [1.29, 1.82) is 15.8 Å². The molecular formula is C72H74ClFN16O7. The number of rotatable bonds is 13. The number of halogens is 2. The molecule has 0 radical (unpaired) electrons. The number of hydrogen-bond acceptors (Lipinski definition) is 17. The lowest BCUT2D eigenvalue weighted by Gasteiger charge is -2.37. The molecule has 3 aliphatic heterocycles. The number of pyridine rings is 3. The number of ether oxygens (including phenoxy) is 1. The van der Waals surface area contributed by atoms with E-state index in [9.17, 15) is 48.9 Å². The first-order valence-corrected chi connectivity index (χ1v) is 32.1. The van der Waals surface area contributed by atoms with Crippen molar-refractivity contribution >= 4 is 79.1 Å². The molecule has 7 heterocycles. The number of aryl methyl sites for hydroxylation is 2. The van der Waals surface area contributed by atoms with Crippen LogP contribution in [0.2, 0.25) is 5.02 Å². The number of carbonyl (C=O) groups excluding carboxylic acids is 3. The second kappa shape index (κ2) is 30.6. The van der Waals surface area contributed by atoms with E-state index in [1.165, 1.54) is 47.4 Å². The first kappa shape index (κ1) is 68.9. The lowest BCUT2D eigenvalue weighted by atomic mass is 10.0. The Hall–Kier alpha value is -11.0. The molecule has 23 nitrogen and oxygen atoms in total. The van der Waals surface area contributed by atoms with Crippen LogP contribution in [0, 0.1) is 46.7 Å². The number of fused-ring (bicyclic) bond motifs is 3. The number of hydrogen-bond donors (Lipinski definition) is 0. The molecule has 12 rings (SSSR count). The maximum Gasteiger partial charge on any atom is 0.274 e. The van der Waals surface area contributed by atoms with Gasteiger partial charge < -0.3 is 57.6 Å². The van der Waals surface area contributed by atoms with Crippen molar-refractivity contribution < 1.29 is 23.5 Å². The molecule has 3 fully saturated rings. The molecule has 3 saturated heterocycles. The molecule has 0 aliphatic carbocycles. The molecular weight excluding hydrogens is 1260 g/mol. The summed E-state index contributed by atoms with van der Waals surface area (Å²) in [6.07, 6.45) is 4.48. The number of piperazine rings is 3. The van der Waals surface area contributed by atoms with Crippen molar-refractivity contribution in [3.05, 3.63) is 209 Å². The van der Waals surface area contributed by atoms with E-state index < -0.39 is 5.82 Å². The van der Waals surface area contributed by atoms with Crippen LogP contribution in [-0.4, -0.2) is 193 Å². The highest BCUT2D eigenvalue weighted by Gasteiger charge is 2.31. The molecule has 9 aromatic rings. The zero-order valence-corrected chi connectivity index (χ0v) is 56.0. The fourth-order valence-corrected chi connectivity index (χ4v) is 12.6. The molecule has 5 aromatic carbocycles. The molecule has 0 N–H and O–H groups in total. The molecule has 0 saturated carbocycles. The van der Waals surface area contributed by atoms with Crippen molar-refractivity contribution in [2.24, 2.45) is 7.05 Å². The third-order valence-electron chi connectivity index (χ3n) is 17.6. The fourth-order valence-electron chi connectivity index (χ4n) is 12.4. The predicted octanol–water partition coefficient (Wildman–Crippen LogP) is 7.07. The number of nitriles is 3. The van der Waals surface area contributed by atoms with Gasteiger partial charge in [-0.1, -0.05) is 41.4 Å². The lowest BCUT2D eigenvalue weighted by molar-refractivity contribution is 0.0734. The summed E-state index contributed by atoms with van der Waals surface area (Å²) in [6, 6.07) is 37.9. The van der Waals surface area contributed by atoms with Gasteiger partial charge in [-0.25, -0.2) is 9.37 Å². The average molecular weight is 1330 g/mol. The first-order chi connectivity index (χ1) is 46.7. The zero-order chi connectivity index (χ0) is 69.2. The Labute approximate surface area is 565 Å². The van der Waals surface area contributed by atoms with Gasteiger partial charge >= 0.3 is 0 Å². The highest BCUT2D eigenvalue weighted by Crippen LogP contribution is 2.34. The smallest absolute Gasteiger partial charge is 0.274 e. The van der Waals surface area contributed by atoms with Crippen molar-refractivity contribution in [3.8, 4) is 24.0 Å². The molecule has 498 valence electrons. The van der Waals surface area contributed by atoms with E-state index >= 15 is 0 Å². The zero-order valence-electron chi connectivity index (χ0n) is 55.2. The monoisotopic (exact) mass is 1330 g/mol. The van der Waals surface area contributed by atoms with E-state index in [0.717, 1.165) is 38.3 Å². The normalized spacial score (nSPS) is 14.0. The summed E-state index contributed by atoms with van der Waals surface area (Å²) >= 11 is 6.31. The molecule has 3 amide bonds. The van der Waals surface area contributed by atoms with E-state index in [1.54, 1.807) is 69.5 Å². The van der Waals surface area contributed by atoms with Gasteiger partial charge in [-0.3, -0.25) is 33.8 Å². The minimum atomic E-state index is -0.392. The molecule has 0 spiro atoms. The Bertz CT molecular complexity index is 4750. The lowest BCUT2D eigenvalue weighted by Crippen LogP contribution is -2.49. The van der Waals surface area contributed by atoms with E-state index in [0.29, 0.717) is 149 Å². The SMILES string of the molecule is CN(C)CCn1c(=O)c(C#N)c(N2CCN(C(=O)c3ccc(F)cc3)CC2)c2cc(Cl)ccc21.COc1ccc(C(=O)N2CCN(c3c(C#N)c(=O)n(CCN(C)C)c4ccc(C)cc34)CC2)cc1.Cn1c(=O)c(C#N)c(N2CCN(C(=O)c3cnccn3)CC2)c2ccccc21. The Balaban J connectivity index is 0.000000159. The number of likely N-dealkylation sites (N-methyl/N-ethyl adjacent to an activating group) is 2. The van der Waals surface area contributed by atoms with Crippen LogP contribution in [-0.2, 0) is 20.1 Å². The van der Waals surface area contributed by atoms with Gasteiger partial charge in [0.25, 0.3) is 34.4 Å². The van der Waals surface area contributed by atoms with Crippen LogP contribution < -0.4 is 36.1 Å². The van der Waals surface area contributed by atoms with Crippen LogP contribution in [0.25, 0.3) is 32.7 Å². The molecule has 0 atom stereocenters. The third kappa shape index (κ3) is 14.9. The molecule has 4 aromatic heterocycles. The Morgan fingerprint density at radius 2 is 0.990 bits per heavy atom. The van der Waals surface area contributed by atoms with Crippen LogP contribution in [0.1, 0.15) is 53.5 Å². The van der Waals surface area contributed by atoms with Crippen LogP contribution in [0.15, 0.2) is 142 Å². The Kier molecular flexibility index (Phi) is 21.7. The number of amides is 3. The van der Waals surface area contributed by atoms with Gasteiger partial charge in [0.15, 0.2) is 0 Å². The van der Waals surface area contributed by atoms with Crippen molar-refractivity contribution in [1.82, 2.24) is 48.2 Å². The van der Waals surface area contributed by atoms with E-state index in [2.05, 4.69) is 33.1 Å². The van der Waals surface area contributed by atoms with Crippen molar-refractivity contribution in [2.75, 3.05) is 142 Å². The van der Waals surface area contributed by atoms with Gasteiger partial charge in [0.05, 0.1) is 46.9 Å². The van der Waals surface area contributed by atoms with Gasteiger partial charge in [-0.05, 0) is 120 Å². The summed E-state index contributed by atoms with van der Waals surface area (Å²) < 4.78 is 23.2. The molecule has 3 aliphatic rings. The van der Waals surface area contributed by atoms with Crippen LogP contribution >= 0.6 is 11.6 Å². The standard InChI is InChI=1S/C27H31N5O3.C25H25ClFN5O2.C20H18N6O2/c1-19-5-10-24-22(17-19)25(23(18-28)27(34)32(24)16-11-29(2)3)30-12-14-31(15-13-30)26(33)20-6-8-21(35-4)9-7-20;1-29(2)9-14-32-22-8-5-18(26)15-20(22)23(21(16-28)25(32)34)30-10-12-31(13-11-30)24(33)17-3-6-19(27)7-4-17;1-24-17-5-3-2-4-14(17)18(15(12-21)19(24)27)25-8-10-26(11-9-25)20(28)16-13-22-6-7-23-16/h5-10,17H,11-16H2,1-4H3;3-8,15H,9-14H2,1-2H3;2-7,13H,8-11H2,1H3. The quantitative estimate of drug-likeness (QED) is 0.112. The second-order valence-electron chi connectivity index (χ2n) is 24.3. The number of benzene rings is 5. The summed E-state index contributed by atoms with van der Waals surface area (Å²) in [4.78, 5) is 101. The number of carbonyl (C=O) groups is 3. The summed E-state index contributed by atoms with van der Waals surface area (Å²) in [6.45, 7) is 10.1. The predicted molar refractivity (Wildman–Crippen MR) is 372 cm³/mol. The number of methoxy groups -OCH3 is 1. The maximum absolute atomic E-state index is 13.4. The van der Waals surface area contributed by atoms with Gasteiger partial charge in [-0.15, -0.1) is 0 Å². The first-order valence-electron chi connectivity index (χ1n) is 31.7. The second-order valence-corrected chi connectivity index (χ2v) is 24.7. The van der Waals surface area contributed by atoms with E-state index in [1.807, 2.05) is 108 Å². The number of anilines is 3. The van der Waals surface area contributed by atoms with Gasteiger partial charge in [0.1, 0.15) is 52.2 Å². The Morgan fingerprint density at radius 1 is 0.546 bits per heavy atom. The summed E-state index contributed by atoms with van der Waals surface area (Å²) in [5.74, 6) is -0.0592. The topological polar surface area (TPSA) is 250 Å². The highest BCUT2D eigenvalue weighted by atomic mass is 35.5. The average Bonchev–Trinajstić information content (AvgIpc) is 0.765. The van der Waals surface area contributed by atoms with Crippen molar-refractivity contribution in [2.45, 2.75) is 20.0 Å². The summed E-state index contributed by atoms with van der Waals surface area (Å²) in [7, 11) is 11.0. The molecule has 0 bridgehead atoms. The minimum Gasteiger partial charge on any atom is -0.497 e. The number of para-hydroxylation sites is 1. The van der Waals surface area contributed by atoms with Gasteiger partial charge in [0, 0.05) is 156 Å². The minimum absolute atomic E-state index is 0.0346. The van der Waals surface area contributed by atoms with Crippen LogP contribution in [0.4, 0.5) is 21.5 Å². The molecule has 25 heteroatoms. The highest BCUT2D eigenvalue weighted by molar-refractivity contribution is 6.31. The summed E-state index contributed by atoms with van der Waals surface area (Å²) in [5, 5.41) is 32.6. The van der Waals surface area contributed by atoms with E-state index in [4.69, 9.17) is 16.3 Å². The number of nitrogens with zero attached hydrogens (tertiary/aromatic N) is 16. The van der Waals surface area contributed by atoms with Crippen LogP contribution in [0.3, 0.4) is 0 Å². The van der Waals surface area contributed by atoms with Gasteiger partial charge in [0.2, 0.25) is 0 Å². The fraction of sp³-hybridized carbons (Fsp3) is 0.319. The Morgan fingerprint density at radius 3 is 1.45 bits per heavy atom. The van der Waals surface area contributed by atoms with Gasteiger partial charge in [-0.2, -0.15) is 15.8 Å². The maximum atomic E-state index is 13.4. The van der Waals surface area contributed by atoms with Crippen molar-refractivity contribution in [3.63, 3.8) is 0 Å². The van der Waals surface area contributed by atoms with E-state index in [-0.39, 0.29) is 51.1 Å². The number of aromatic nitrogens is 5. The summed E-state index contributed by atoms with van der Waals surface area (Å²) in [5.41, 5.74) is 6.07. The molecule has 97 heavy (non-hydrogen) atoms. The van der Waals surface area contributed by atoms with Crippen LogP contribution in [0.5, 0.6) is 5.75 Å².